The summed E-state index contributed by atoms with van der Waals surface area (Å²) in [4.78, 5) is 36.7. The number of carbonyl (C=O) groups is 3. The van der Waals surface area contributed by atoms with Crippen LogP contribution in [0.2, 0.25) is 0 Å². The van der Waals surface area contributed by atoms with E-state index >= 15 is 0 Å². The van der Waals surface area contributed by atoms with E-state index in [0.717, 1.165) is 0 Å². The summed E-state index contributed by atoms with van der Waals surface area (Å²) in [7, 11) is 3.19. The zero-order valence-electron chi connectivity index (χ0n) is 11.3. The number of nitrogens with one attached hydrogen (secondary N) is 1. The van der Waals surface area contributed by atoms with Gasteiger partial charge in [0.1, 0.15) is 12.6 Å². The largest absolute Gasteiger partial charge is 0.480 e. The van der Waals surface area contributed by atoms with Gasteiger partial charge in [0, 0.05) is 20.6 Å². The zero-order valence-corrected chi connectivity index (χ0v) is 11.3. The molecule has 0 aliphatic rings. The smallest absolute Gasteiger partial charge is 0.326 e. The van der Waals surface area contributed by atoms with Gasteiger partial charge in [0.15, 0.2) is 0 Å². The molecule has 0 radical (unpaired) electrons. The third-order valence-corrected chi connectivity index (χ3v) is 2.50. The van der Waals surface area contributed by atoms with Crippen LogP contribution >= 0.6 is 0 Å². The first kappa shape index (κ1) is 16.2. The van der Waals surface area contributed by atoms with Crippen LogP contribution < -0.4 is 5.32 Å². The summed E-state index contributed by atoms with van der Waals surface area (Å²) in [5.74, 6) is -1.30. The summed E-state index contributed by atoms with van der Waals surface area (Å²) >= 11 is 0. The van der Waals surface area contributed by atoms with Gasteiger partial charge in [-0.25, -0.2) is 9.59 Å². The molecule has 1 unspecified atom stereocenters. The Bertz CT molecular complexity index is 317. The Morgan fingerprint density at radius 2 is 1.78 bits per heavy atom. The molecule has 0 heterocycles. The number of hydrogen-bond donors (Lipinski definition) is 2. The van der Waals surface area contributed by atoms with Crippen LogP contribution in [0.4, 0.5) is 4.79 Å². The minimum atomic E-state index is -1.08. The molecule has 0 saturated carbocycles. The maximum Gasteiger partial charge on any atom is 0.326 e. The van der Waals surface area contributed by atoms with Crippen molar-refractivity contribution in [3.8, 4) is 0 Å². The molecule has 7 heteroatoms. The van der Waals surface area contributed by atoms with Gasteiger partial charge in [-0.2, -0.15) is 0 Å². The summed E-state index contributed by atoms with van der Waals surface area (Å²) in [5, 5.41) is 11.2. The van der Waals surface area contributed by atoms with Crippen molar-refractivity contribution in [2.45, 2.75) is 26.3 Å². The second kappa shape index (κ2) is 7.52. The van der Waals surface area contributed by atoms with Crippen LogP contribution in [0, 0.1) is 0 Å². The molecule has 0 aromatic rings. The van der Waals surface area contributed by atoms with Crippen molar-refractivity contribution in [2.75, 3.05) is 27.2 Å². The average Bonchev–Trinajstić information content (AvgIpc) is 2.31. The van der Waals surface area contributed by atoms with Crippen molar-refractivity contribution in [1.82, 2.24) is 15.1 Å². The van der Waals surface area contributed by atoms with Crippen molar-refractivity contribution < 1.29 is 19.5 Å². The molecule has 7 nitrogen and oxygen atoms in total. The van der Waals surface area contributed by atoms with Gasteiger partial charge in [-0.15, -0.1) is 0 Å². The molecule has 0 aromatic heterocycles. The van der Waals surface area contributed by atoms with E-state index in [4.69, 9.17) is 5.11 Å². The quantitative estimate of drug-likeness (QED) is 0.701. The molecule has 1 atom stereocenters. The van der Waals surface area contributed by atoms with Crippen LogP contribution in [0.5, 0.6) is 0 Å². The van der Waals surface area contributed by atoms with E-state index in [1.165, 1.54) is 9.80 Å². The Morgan fingerprint density at radius 1 is 1.22 bits per heavy atom. The SMILES string of the molecule is CCC(NC(=O)N(CC)CC(=O)N(C)C)C(=O)O. The number of carbonyl (C=O) groups excluding carboxylic acids is 2. The third kappa shape index (κ3) is 5.03. The number of likely N-dealkylation sites (N-methyl/N-ethyl adjacent to an activating group) is 2. The molecular weight excluding hydrogens is 238 g/mol. The van der Waals surface area contributed by atoms with Crippen molar-refractivity contribution >= 4 is 17.9 Å². The van der Waals surface area contributed by atoms with Crippen LogP contribution in [0.3, 0.4) is 0 Å². The van der Waals surface area contributed by atoms with E-state index in [2.05, 4.69) is 5.32 Å². The number of hydrogen-bond acceptors (Lipinski definition) is 3. The lowest BCUT2D eigenvalue weighted by molar-refractivity contribution is -0.139. The summed E-state index contributed by atoms with van der Waals surface area (Å²) in [6.45, 7) is 3.66. The molecule has 0 fully saturated rings. The van der Waals surface area contributed by atoms with E-state index in [1.54, 1.807) is 27.9 Å². The molecule has 0 saturated heterocycles. The molecule has 0 aliphatic carbocycles. The molecule has 2 N–H and O–H groups in total. The Kier molecular flexibility index (Phi) is 6.77. The van der Waals surface area contributed by atoms with Gasteiger partial charge < -0.3 is 20.2 Å². The lowest BCUT2D eigenvalue weighted by Crippen LogP contribution is -2.50. The highest BCUT2D eigenvalue weighted by Crippen LogP contribution is 1.96. The molecule has 0 aliphatic heterocycles. The Balaban J connectivity index is 4.52. The van der Waals surface area contributed by atoms with Crippen molar-refractivity contribution in [3.63, 3.8) is 0 Å². The fourth-order valence-corrected chi connectivity index (χ4v) is 1.21. The molecule has 0 bridgehead atoms. The fraction of sp³-hybridized carbons (Fsp3) is 0.727. The van der Waals surface area contributed by atoms with Crippen molar-refractivity contribution in [1.29, 1.82) is 0 Å². The highest BCUT2D eigenvalue weighted by molar-refractivity contribution is 5.86. The first-order valence-electron chi connectivity index (χ1n) is 5.81. The number of carboxylic acids is 1. The van der Waals surface area contributed by atoms with Crippen molar-refractivity contribution in [3.05, 3.63) is 0 Å². The molecule has 0 spiro atoms. The number of rotatable bonds is 6. The molecule has 0 aromatic carbocycles. The van der Waals surface area contributed by atoms with Gasteiger partial charge in [0.25, 0.3) is 0 Å². The number of amides is 3. The second-order valence-electron chi connectivity index (χ2n) is 4.05. The minimum absolute atomic E-state index is 0.0641. The fourth-order valence-electron chi connectivity index (χ4n) is 1.21. The van der Waals surface area contributed by atoms with Gasteiger partial charge in [-0.3, -0.25) is 4.79 Å². The Labute approximate surface area is 107 Å². The maximum atomic E-state index is 11.8. The van der Waals surface area contributed by atoms with Gasteiger partial charge in [-0.1, -0.05) is 6.92 Å². The normalized spacial score (nSPS) is 11.6. The predicted molar refractivity (Wildman–Crippen MR) is 66.2 cm³/mol. The monoisotopic (exact) mass is 259 g/mol. The van der Waals surface area contributed by atoms with Crippen LogP contribution in [0.15, 0.2) is 0 Å². The summed E-state index contributed by atoms with van der Waals surface area (Å²) < 4.78 is 0. The number of nitrogens with zero attached hydrogens (tertiary/aromatic N) is 2. The Morgan fingerprint density at radius 3 is 2.11 bits per heavy atom. The summed E-state index contributed by atoms with van der Waals surface area (Å²) in [5.41, 5.74) is 0. The average molecular weight is 259 g/mol. The highest BCUT2D eigenvalue weighted by Gasteiger charge is 2.22. The second-order valence-corrected chi connectivity index (χ2v) is 4.05. The zero-order chi connectivity index (χ0) is 14.3. The number of urea groups is 1. The van der Waals surface area contributed by atoms with E-state index in [1.807, 2.05) is 0 Å². The topological polar surface area (TPSA) is 90.0 Å². The highest BCUT2D eigenvalue weighted by atomic mass is 16.4. The van der Waals surface area contributed by atoms with E-state index in [0.29, 0.717) is 13.0 Å². The number of carboxylic acid groups (broad SMARTS) is 1. The molecular formula is C11H21N3O4. The van der Waals surface area contributed by atoms with Crippen LogP contribution in [0.25, 0.3) is 0 Å². The third-order valence-electron chi connectivity index (χ3n) is 2.50. The lowest BCUT2D eigenvalue weighted by Gasteiger charge is -2.24. The van der Waals surface area contributed by atoms with Crippen LogP contribution in [0.1, 0.15) is 20.3 Å². The first-order valence-corrected chi connectivity index (χ1v) is 5.81. The van der Waals surface area contributed by atoms with Gasteiger partial charge in [0.2, 0.25) is 5.91 Å². The van der Waals surface area contributed by atoms with E-state index in [9.17, 15) is 14.4 Å². The lowest BCUT2D eigenvalue weighted by atomic mass is 10.2. The molecule has 104 valence electrons. The van der Waals surface area contributed by atoms with Gasteiger partial charge >= 0.3 is 12.0 Å². The molecule has 18 heavy (non-hydrogen) atoms. The maximum absolute atomic E-state index is 11.8. The van der Waals surface area contributed by atoms with Crippen LogP contribution in [-0.2, 0) is 9.59 Å². The van der Waals surface area contributed by atoms with Gasteiger partial charge in [0.05, 0.1) is 0 Å². The predicted octanol–water partition coefficient (Wildman–Crippen LogP) is -0.0307. The number of aliphatic carboxylic acids is 1. The minimum Gasteiger partial charge on any atom is -0.480 e. The summed E-state index contributed by atoms with van der Waals surface area (Å²) in [6, 6.07) is -1.47. The molecule has 0 rings (SSSR count). The standard InChI is InChI=1S/C11H21N3O4/c1-5-8(10(16)17)12-11(18)14(6-2)7-9(15)13(3)4/h8H,5-7H2,1-4H3,(H,12,18)(H,16,17). The van der Waals surface area contributed by atoms with Crippen molar-refractivity contribution in [2.24, 2.45) is 0 Å². The first-order chi connectivity index (χ1) is 8.33. The summed E-state index contributed by atoms with van der Waals surface area (Å²) in [6.07, 6.45) is 0.292. The van der Waals surface area contributed by atoms with Gasteiger partial charge in [-0.05, 0) is 13.3 Å². The van der Waals surface area contributed by atoms with E-state index in [-0.39, 0.29) is 12.5 Å². The van der Waals surface area contributed by atoms with E-state index < -0.39 is 18.0 Å². The van der Waals surface area contributed by atoms with Crippen LogP contribution in [-0.4, -0.2) is 66.0 Å². The Hall–Kier alpha value is -1.79. The molecule has 3 amide bonds.